The van der Waals surface area contributed by atoms with E-state index >= 15 is 0 Å². The molecule has 0 aliphatic carbocycles. The number of rotatable bonds is 0. The maximum absolute atomic E-state index is 7.86. The second-order valence-electron chi connectivity index (χ2n) is 0.733. The van der Waals surface area contributed by atoms with Crippen LogP contribution in [-0.2, 0) is 0 Å². The second-order valence-corrected chi connectivity index (χ2v) is 1.14. The average molecular weight is 113 g/mol. The van der Waals surface area contributed by atoms with Crippen LogP contribution in [0.15, 0.2) is 11.1 Å². The molecule has 0 atom stereocenters. The number of nitriles is 2. The van der Waals surface area contributed by atoms with Crippen LogP contribution in [0, 0.1) is 22.7 Å². The van der Waals surface area contributed by atoms with E-state index in [0.717, 1.165) is 6.08 Å². The summed E-state index contributed by atoms with van der Waals surface area (Å²) in [5.41, 5.74) is 0. The van der Waals surface area contributed by atoms with Crippen molar-refractivity contribution in [3.8, 4) is 12.1 Å². The fourth-order valence-electron chi connectivity index (χ4n) is 0.0889. The maximum atomic E-state index is 7.86. The molecule has 0 N–H and O–H groups in total. The number of hydrogen-bond donors (Lipinski definition) is 0. The highest BCUT2D eigenvalue weighted by Gasteiger charge is 1.79. The minimum atomic E-state index is -0.0810. The van der Waals surface area contributed by atoms with Gasteiger partial charge in [0.25, 0.3) is 0 Å². The molecule has 0 bridgehead atoms. The van der Waals surface area contributed by atoms with Gasteiger partial charge in [-0.05, 0) is 0 Å². The van der Waals surface area contributed by atoms with E-state index in [9.17, 15) is 0 Å². The van der Waals surface area contributed by atoms with E-state index in [2.05, 4.69) is 0 Å². The first kappa shape index (κ1) is 6.01. The van der Waals surface area contributed by atoms with E-state index in [1.54, 1.807) is 12.1 Å². The Hall–Kier alpha value is -0.990. The Morgan fingerprint density at radius 2 is 2.14 bits per heavy atom. The summed E-state index contributed by atoms with van der Waals surface area (Å²) in [6.07, 6.45) is 0.974. The number of hydrogen-bond acceptors (Lipinski definition) is 2. The summed E-state index contributed by atoms with van der Waals surface area (Å²) in [7, 11) is 0. The highest BCUT2D eigenvalue weighted by Crippen LogP contribution is 1.94. The fraction of sp³-hybridized carbons (Fsp3) is 0. The maximum Gasteiger partial charge on any atom is 0.128 e. The third kappa shape index (κ3) is 2.82. The van der Waals surface area contributed by atoms with Crippen molar-refractivity contribution < 1.29 is 0 Å². The summed E-state index contributed by atoms with van der Waals surface area (Å²) in [5, 5.41) is 15.6. The molecule has 0 aliphatic rings. The van der Waals surface area contributed by atoms with Crippen molar-refractivity contribution >= 4 is 11.6 Å². The van der Waals surface area contributed by atoms with Gasteiger partial charge in [-0.25, -0.2) is 0 Å². The molecule has 0 aromatic carbocycles. The lowest BCUT2D eigenvalue weighted by Gasteiger charge is -1.65. The normalized spacial score (nSPS) is 9.29. The van der Waals surface area contributed by atoms with Gasteiger partial charge in [0.05, 0.1) is 6.07 Å². The molecular weight excluding hydrogens is 112 g/mol. The van der Waals surface area contributed by atoms with Crippen molar-refractivity contribution in [2.75, 3.05) is 0 Å². The third-order valence-electron chi connectivity index (χ3n) is 0.298. The fourth-order valence-corrected chi connectivity index (χ4v) is 0.138. The topological polar surface area (TPSA) is 47.6 Å². The zero-order valence-corrected chi connectivity index (χ0v) is 4.11. The molecule has 2 nitrogen and oxygen atoms in total. The van der Waals surface area contributed by atoms with Gasteiger partial charge in [-0.2, -0.15) is 10.5 Å². The minimum Gasteiger partial charge on any atom is -0.193 e. The van der Waals surface area contributed by atoms with E-state index in [-0.39, 0.29) is 5.03 Å². The first-order chi connectivity index (χ1) is 3.31. The van der Waals surface area contributed by atoms with Gasteiger partial charge >= 0.3 is 0 Å². The molecule has 3 heteroatoms. The van der Waals surface area contributed by atoms with Crippen LogP contribution in [-0.4, -0.2) is 0 Å². The lowest BCUT2D eigenvalue weighted by molar-refractivity contribution is 1.51. The molecule has 0 heterocycles. The van der Waals surface area contributed by atoms with E-state index in [1.807, 2.05) is 0 Å². The molecule has 0 aromatic heterocycles. The Morgan fingerprint density at radius 3 is 2.29 bits per heavy atom. The zero-order valence-electron chi connectivity index (χ0n) is 3.35. The Balaban J connectivity index is 3.89. The molecule has 34 valence electrons. The van der Waals surface area contributed by atoms with Gasteiger partial charge in [0.1, 0.15) is 11.1 Å². The SMILES string of the molecule is N#CC=C(Cl)C#N. The van der Waals surface area contributed by atoms with Crippen LogP contribution in [0.25, 0.3) is 0 Å². The van der Waals surface area contributed by atoms with Gasteiger partial charge in [-0.1, -0.05) is 11.6 Å². The summed E-state index contributed by atoms with van der Waals surface area (Å²) in [5.74, 6) is 0. The summed E-state index contributed by atoms with van der Waals surface area (Å²) < 4.78 is 0. The van der Waals surface area contributed by atoms with Crippen LogP contribution in [0.5, 0.6) is 0 Å². The van der Waals surface area contributed by atoms with Crippen molar-refractivity contribution in [1.29, 1.82) is 10.5 Å². The molecule has 0 aliphatic heterocycles. The predicted molar refractivity (Wildman–Crippen MR) is 25.2 cm³/mol. The van der Waals surface area contributed by atoms with Crippen LogP contribution in [0.4, 0.5) is 0 Å². The first-order valence-corrected chi connectivity index (χ1v) is 1.84. The molecule has 0 aromatic rings. The Morgan fingerprint density at radius 1 is 1.57 bits per heavy atom. The number of nitrogens with zero attached hydrogens (tertiary/aromatic N) is 2. The molecule has 0 unspecified atom stereocenters. The molecule has 0 radical (unpaired) electrons. The van der Waals surface area contributed by atoms with Crippen LogP contribution in [0.2, 0.25) is 0 Å². The predicted octanol–water partition coefficient (Wildman–Crippen LogP) is 1.16. The second kappa shape index (κ2) is 3.21. The monoisotopic (exact) mass is 112 g/mol. The largest absolute Gasteiger partial charge is 0.193 e. The molecule has 0 spiro atoms. The van der Waals surface area contributed by atoms with E-state index in [1.165, 1.54) is 0 Å². The number of halogens is 1. The highest BCUT2D eigenvalue weighted by molar-refractivity contribution is 6.32. The number of allylic oxidation sites excluding steroid dienone is 2. The van der Waals surface area contributed by atoms with Crippen molar-refractivity contribution in [2.45, 2.75) is 0 Å². The molecule has 0 amide bonds. The molecular formula is C4HClN2. The van der Waals surface area contributed by atoms with Crippen LogP contribution in [0.3, 0.4) is 0 Å². The van der Waals surface area contributed by atoms with Gasteiger partial charge in [0.15, 0.2) is 0 Å². The van der Waals surface area contributed by atoms with Gasteiger partial charge < -0.3 is 0 Å². The van der Waals surface area contributed by atoms with Gasteiger partial charge in [-0.15, -0.1) is 0 Å². The molecule has 0 fully saturated rings. The van der Waals surface area contributed by atoms with Crippen molar-refractivity contribution in [3.05, 3.63) is 11.1 Å². The Bertz CT molecular complexity index is 158. The zero-order chi connectivity index (χ0) is 5.70. The summed E-state index contributed by atoms with van der Waals surface area (Å²) in [6.45, 7) is 0. The van der Waals surface area contributed by atoms with Gasteiger partial charge in [-0.3, -0.25) is 0 Å². The van der Waals surface area contributed by atoms with Gasteiger partial charge in [0.2, 0.25) is 0 Å². The van der Waals surface area contributed by atoms with Crippen LogP contribution >= 0.6 is 11.6 Å². The third-order valence-corrected chi connectivity index (χ3v) is 0.492. The summed E-state index contributed by atoms with van der Waals surface area (Å²) in [4.78, 5) is 0. The Kier molecular flexibility index (Phi) is 2.76. The minimum absolute atomic E-state index is 0.0810. The first-order valence-electron chi connectivity index (χ1n) is 1.46. The smallest absolute Gasteiger partial charge is 0.128 e. The van der Waals surface area contributed by atoms with Crippen LogP contribution in [0.1, 0.15) is 0 Å². The lowest BCUT2D eigenvalue weighted by atomic mass is 10.6. The van der Waals surface area contributed by atoms with E-state index in [0.29, 0.717) is 0 Å². The summed E-state index contributed by atoms with van der Waals surface area (Å²) >= 11 is 5.04. The summed E-state index contributed by atoms with van der Waals surface area (Å²) in [6, 6.07) is 3.17. The molecule has 7 heavy (non-hydrogen) atoms. The van der Waals surface area contributed by atoms with Crippen molar-refractivity contribution in [3.63, 3.8) is 0 Å². The lowest BCUT2D eigenvalue weighted by Crippen LogP contribution is -1.55. The molecule has 0 saturated carbocycles. The highest BCUT2D eigenvalue weighted by atomic mass is 35.5. The van der Waals surface area contributed by atoms with Gasteiger partial charge in [0, 0.05) is 6.08 Å². The Labute approximate surface area is 46.2 Å². The molecule has 0 saturated heterocycles. The molecule has 0 rings (SSSR count). The van der Waals surface area contributed by atoms with Crippen molar-refractivity contribution in [1.82, 2.24) is 0 Å². The quantitative estimate of drug-likeness (QED) is 0.442. The van der Waals surface area contributed by atoms with E-state index < -0.39 is 0 Å². The van der Waals surface area contributed by atoms with E-state index in [4.69, 9.17) is 22.1 Å². The standard InChI is InChI=1S/C4HClN2/c5-4(3-7)1-2-6/h1H. The average Bonchev–Trinajstić information content (AvgIpc) is 1.68. The van der Waals surface area contributed by atoms with Crippen molar-refractivity contribution in [2.24, 2.45) is 0 Å². The van der Waals surface area contributed by atoms with Crippen LogP contribution < -0.4 is 0 Å².